The molecule has 0 bridgehead atoms. The zero-order valence-electron chi connectivity index (χ0n) is 10.4. The molecule has 0 aliphatic rings. The fourth-order valence-corrected chi connectivity index (χ4v) is 1.55. The first-order valence-electron chi connectivity index (χ1n) is 5.43. The van der Waals surface area contributed by atoms with Gasteiger partial charge in [0.2, 0.25) is 5.91 Å². The van der Waals surface area contributed by atoms with Crippen LogP contribution in [0.1, 0.15) is 27.2 Å². The number of hydrogen-bond acceptors (Lipinski definition) is 4. The highest BCUT2D eigenvalue weighted by atomic mass is 16.5. The van der Waals surface area contributed by atoms with E-state index in [2.05, 4.69) is 4.74 Å². The Morgan fingerprint density at radius 1 is 1.44 bits per heavy atom. The summed E-state index contributed by atoms with van der Waals surface area (Å²) in [7, 11) is 1.32. The van der Waals surface area contributed by atoms with Crippen LogP contribution in [0.4, 0.5) is 0 Å². The normalized spacial score (nSPS) is 14.1. The SMILES string of the molecule is CCC(CO)N(CC(C)C(=O)OC)C(C)=O. The van der Waals surface area contributed by atoms with E-state index in [1.165, 1.54) is 18.9 Å². The maximum atomic E-state index is 11.4. The Hall–Kier alpha value is -1.10. The van der Waals surface area contributed by atoms with E-state index < -0.39 is 0 Å². The summed E-state index contributed by atoms with van der Waals surface area (Å²) >= 11 is 0. The number of amides is 1. The van der Waals surface area contributed by atoms with Crippen LogP contribution in [-0.2, 0) is 14.3 Å². The molecule has 0 aromatic rings. The highest BCUT2D eigenvalue weighted by Crippen LogP contribution is 2.09. The average Bonchev–Trinajstić information content (AvgIpc) is 2.27. The molecule has 0 aliphatic heterocycles. The van der Waals surface area contributed by atoms with Gasteiger partial charge in [0.25, 0.3) is 0 Å². The highest BCUT2D eigenvalue weighted by molar-refractivity contribution is 5.76. The number of aliphatic hydroxyl groups is 1. The van der Waals surface area contributed by atoms with Crippen LogP contribution in [0.2, 0.25) is 0 Å². The standard InChI is InChI=1S/C11H21NO4/c1-5-10(7-13)12(9(3)14)6-8(2)11(15)16-4/h8,10,13H,5-7H2,1-4H3. The van der Waals surface area contributed by atoms with Gasteiger partial charge in [0.15, 0.2) is 0 Å². The van der Waals surface area contributed by atoms with Crippen molar-refractivity contribution in [3.05, 3.63) is 0 Å². The van der Waals surface area contributed by atoms with Gasteiger partial charge < -0.3 is 14.7 Å². The molecule has 0 saturated carbocycles. The lowest BCUT2D eigenvalue weighted by atomic mass is 10.1. The van der Waals surface area contributed by atoms with E-state index in [0.29, 0.717) is 6.42 Å². The predicted molar refractivity (Wildman–Crippen MR) is 59.7 cm³/mol. The minimum atomic E-state index is -0.380. The number of hydrogen-bond donors (Lipinski definition) is 1. The molecule has 0 radical (unpaired) electrons. The Morgan fingerprint density at radius 3 is 2.31 bits per heavy atom. The second kappa shape index (κ2) is 7.22. The molecule has 0 rings (SSSR count). The fourth-order valence-electron chi connectivity index (χ4n) is 1.55. The summed E-state index contributed by atoms with van der Waals surface area (Å²) in [6, 6.07) is -0.232. The number of carbonyl (C=O) groups is 2. The van der Waals surface area contributed by atoms with Crippen molar-refractivity contribution in [2.75, 3.05) is 20.3 Å². The van der Waals surface area contributed by atoms with Gasteiger partial charge in [-0.25, -0.2) is 0 Å². The predicted octanol–water partition coefficient (Wildman–Crippen LogP) is 0.415. The Labute approximate surface area is 96.4 Å². The summed E-state index contributed by atoms with van der Waals surface area (Å²) in [5.74, 6) is -0.870. The van der Waals surface area contributed by atoms with E-state index in [0.717, 1.165) is 0 Å². The van der Waals surface area contributed by atoms with E-state index in [1.807, 2.05) is 6.92 Å². The smallest absolute Gasteiger partial charge is 0.310 e. The van der Waals surface area contributed by atoms with E-state index in [1.54, 1.807) is 6.92 Å². The number of aliphatic hydroxyl groups excluding tert-OH is 1. The zero-order valence-corrected chi connectivity index (χ0v) is 10.4. The van der Waals surface area contributed by atoms with Crippen molar-refractivity contribution in [3.63, 3.8) is 0 Å². The van der Waals surface area contributed by atoms with Crippen LogP contribution < -0.4 is 0 Å². The Morgan fingerprint density at radius 2 is 2.00 bits per heavy atom. The zero-order chi connectivity index (χ0) is 12.7. The largest absolute Gasteiger partial charge is 0.469 e. The minimum absolute atomic E-state index is 0.0933. The molecule has 5 heteroatoms. The third kappa shape index (κ3) is 4.18. The van der Waals surface area contributed by atoms with Crippen molar-refractivity contribution >= 4 is 11.9 Å². The minimum Gasteiger partial charge on any atom is -0.469 e. The molecule has 0 heterocycles. The monoisotopic (exact) mass is 231 g/mol. The second-order valence-corrected chi connectivity index (χ2v) is 3.84. The summed E-state index contributed by atoms with van der Waals surface area (Å²) in [5.41, 5.74) is 0. The third-order valence-corrected chi connectivity index (χ3v) is 2.60. The Kier molecular flexibility index (Phi) is 6.72. The van der Waals surface area contributed by atoms with E-state index in [4.69, 9.17) is 5.11 Å². The molecule has 2 unspecified atom stereocenters. The summed E-state index contributed by atoms with van der Waals surface area (Å²) in [5, 5.41) is 9.14. The molecule has 1 amide bonds. The van der Waals surface area contributed by atoms with Gasteiger partial charge in [0.05, 0.1) is 25.7 Å². The fraction of sp³-hybridized carbons (Fsp3) is 0.818. The number of esters is 1. The Balaban J connectivity index is 4.56. The lowest BCUT2D eigenvalue weighted by molar-refractivity contribution is -0.147. The summed E-state index contributed by atoms with van der Waals surface area (Å²) in [6.45, 7) is 5.21. The molecule has 94 valence electrons. The summed E-state index contributed by atoms with van der Waals surface area (Å²) in [4.78, 5) is 24.2. The molecule has 0 spiro atoms. The van der Waals surface area contributed by atoms with Gasteiger partial charge in [-0.2, -0.15) is 0 Å². The van der Waals surface area contributed by atoms with Crippen molar-refractivity contribution in [3.8, 4) is 0 Å². The molecule has 0 aromatic carbocycles. The van der Waals surface area contributed by atoms with Gasteiger partial charge in [-0.3, -0.25) is 9.59 Å². The molecule has 0 aromatic heterocycles. The topological polar surface area (TPSA) is 66.8 Å². The lowest BCUT2D eigenvalue weighted by Crippen LogP contribution is -2.44. The number of carbonyl (C=O) groups excluding carboxylic acids is 2. The van der Waals surface area contributed by atoms with Crippen LogP contribution in [-0.4, -0.2) is 48.2 Å². The second-order valence-electron chi connectivity index (χ2n) is 3.84. The quantitative estimate of drug-likeness (QED) is 0.673. The molecule has 0 aliphatic carbocycles. The molecule has 0 saturated heterocycles. The van der Waals surface area contributed by atoms with Crippen LogP contribution in [0.25, 0.3) is 0 Å². The van der Waals surface area contributed by atoms with Crippen LogP contribution in [0.3, 0.4) is 0 Å². The van der Waals surface area contributed by atoms with Crippen molar-refractivity contribution in [2.24, 2.45) is 5.92 Å². The molecular weight excluding hydrogens is 210 g/mol. The van der Waals surface area contributed by atoms with E-state index >= 15 is 0 Å². The van der Waals surface area contributed by atoms with Gasteiger partial charge >= 0.3 is 5.97 Å². The van der Waals surface area contributed by atoms with E-state index in [-0.39, 0.29) is 37.0 Å². The van der Waals surface area contributed by atoms with Crippen molar-refractivity contribution in [1.82, 2.24) is 4.90 Å². The van der Waals surface area contributed by atoms with Crippen molar-refractivity contribution in [2.45, 2.75) is 33.2 Å². The van der Waals surface area contributed by atoms with Crippen molar-refractivity contribution < 1.29 is 19.4 Å². The molecule has 5 nitrogen and oxygen atoms in total. The number of methoxy groups -OCH3 is 1. The average molecular weight is 231 g/mol. The van der Waals surface area contributed by atoms with Gasteiger partial charge in [0, 0.05) is 13.5 Å². The number of ether oxygens (including phenoxy) is 1. The van der Waals surface area contributed by atoms with Crippen LogP contribution in [0.15, 0.2) is 0 Å². The molecule has 0 fully saturated rings. The molecule has 2 atom stereocenters. The first kappa shape index (κ1) is 14.9. The van der Waals surface area contributed by atoms with Gasteiger partial charge in [0.1, 0.15) is 0 Å². The molecular formula is C11H21NO4. The number of rotatable bonds is 6. The van der Waals surface area contributed by atoms with E-state index in [9.17, 15) is 9.59 Å². The van der Waals surface area contributed by atoms with Crippen LogP contribution in [0, 0.1) is 5.92 Å². The first-order valence-corrected chi connectivity index (χ1v) is 5.43. The lowest BCUT2D eigenvalue weighted by Gasteiger charge is -2.30. The molecule has 16 heavy (non-hydrogen) atoms. The van der Waals surface area contributed by atoms with Crippen LogP contribution >= 0.6 is 0 Å². The van der Waals surface area contributed by atoms with Gasteiger partial charge in [-0.1, -0.05) is 13.8 Å². The van der Waals surface area contributed by atoms with Gasteiger partial charge in [-0.15, -0.1) is 0 Å². The third-order valence-electron chi connectivity index (χ3n) is 2.60. The Bertz CT molecular complexity index is 238. The van der Waals surface area contributed by atoms with Gasteiger partial charge in [-0.05, 0) is 6.42 Å². The number of nitrogens with zero attached hydrogens (tertiary/aromatic N) is 1. The summed E-state index contributed by atoms with van der Waals surface area (Å²) < 4.78 is 4.60. The summed E-state index contributed by atoms with van der Waals surface area (Å²) in [6.07, 6.45) is 0.657. The first-order chi connectivity index (χ1) is 7.47. The maximum Gasteiger partial charge on any atom is 0.310 e. The molecule has 1 N–H and O–H groups in total. The van der Waals surface area contributed by atoms with Crippen molar-refractivity contribution in [1.29, 1.82) is 0 Å². The maximum absolute atomic E-state index is 11.4. The van der Waals surface area contributed by atoms with Crippen LogP contribution in [0.5, 0.6) is 0 Å². The highest BCUT2D eigenvalue weighted by Gasteiger charge is 2.24.